The molecule has 0 radical (unpaired) electrons. The maximum absolute atomic E-state index is 11.9. The Bertz CT molecular complexity index is 563. The Balaban J connectivity index is 2.03. The van der Waals surface area contributed by atoms with Crippen molar-refractivity contribution in [2.24, 2.45) is 0 Å². The average molecular weight is 329 g/mol. The van der Waals surface area contributed by atoms with Gasteiger partial charge in [0.25, 0.3) is 5.91 Å². The van der Waals surface area contributed by atoms with Crippen LogP contribution >= 0.6 is 27.3 Å². The zero-order valence-electron chi connectivity index (χ0n) is 9.81. The first kappa shape index (κ1) is 13.1. The minimum Gasteiger partial charge on any atom is -0.396 e. The zero-order chi connectivity index (χ0) is 13.1. The summed E-state index contributed by atoms with van der Waals surface area (Å²) in [4.78, 5) is 13.0. The molecule has 2 aromatic rings. The van der Waals surface area contributed by atoms with E-state index < -0.39 is 0 Å². The number of nitrogen functional groups attached to an aromatic ring is 1. The van der Waals surface area contributed by atoms with Crippen molar-refractivity contribution in [1.82, 2.24) is 15.1 Å². The molecule has 7 heteroatoms. The summed E-state index contributed by atoms with van der Waals surface area (Å²) in [6.07, 6.45) is 1.66. The highest BCUT2D eigenvalue weighted by atomic mass is 79.9. The van der Waals surface area contributed by atoms with Crippen LogP contribution in [0, 0.1) is 0 Å². The summed E-state index contributed by atoms with van der Waals surface area (Å²) in [5.74, 6) is -0.250. The number of amides is 1. The molecule has 2 rings (SSSR count). The quantitative estimate of drug-likeness (QED) is 0.903. The molecule has 2 heterocycles. The van der Waals surface area contributed by atoms with E-state index in [0.717, 1.165) is 9.35 Å². The molecule has 0 aromatic carbocycles. The molecule has 0 bridgehead atoms. The van der Waals surface area contributed by atoms with Gasteiger partial charge < -0.3 is 11.1 Å². The van der Waals surface area contributed by atoms with Crippen LogP contribution in [-0.4, -0.2) is 15.7 Å². The first-order valence-corrected chi connectivity index (χ1v) is 7.12. The Morgan fingerprint density at radius 2 is 2.44 bits per heavy atom. The van der Waals surface area contributed by atoms with Crippen LogP contribution in [0.5, 0.6) is 0 Å². The van der Waals surface area contributed by atoms with Crippen molar-refractivity contribution in [3.05, 3.63) is 32.7 Å². The highest BCUT2D eigenvalue weighted by molar-refractivity contribution is 9.10. The van der Waals surface area contributed by atoms with Crippen LogP contribution in [0.4, 0.5) is 5.69 Å². The van der Waals surface area contributed by atoms with Crippen molar-refractivity contribution < 1.29 is 4.79 Å². The number of hydrogen-bond acceptors (Lipinski definition) is 4. The van der Waals surface area contributed by atoms with E-state index in [4.69, 9.17) is 5.73 Å². The van der Waals surface area contributed by atoms with Crippen molar-refractivity contribution >= 4 is 38.9 Å². The third-order valence-corrected chi connectivity index (χ3v) is 4.36. The molecule has 0 spiro atoms. The van der Waals surface area contributed by atoms with Crippen LogP contribution in [0.3, 0.4) is 0 Å². The van der Waals surface area contributed by atoms with Crippen LogP contribution in [0.15, 0.2) is 22.1 Å². The van der Waals surface area contributed by atoms with Gasteiger partial charge in [-0.25, -0.2) is 0 Å². The fraction of sp³-hybridized carbons (Fsp3) is 0.273. The number of rotatable bonds is 4. The lowest BCUT2D eigenvalue weighted by Crippen LogP contribution is -2.24. The number of nitrogens with one attached hydrogen (secondary N) is 1. The Morgan fingerprint density at radius 3 is 3.00 bits per heavy atom. The smallest absolute Gasteiger partial charge is 0.274 e. The summed E-state index contributed by atoms with van der Waals surface area (Å²) in [5, 5.41) is 8.89. The van der Waals surface area contributed by atoms with E-state index in [0.29, 0.717) is 18.8 Å². The number of aromatic nitrogens is 2. The minimum atomic E-state index is -0.250. The number of thiophene rings is 1. The van der Waals surface area contributed by atoms with E-state index >= 15 is 0 Å². The fourth-order valence-corrected chi connectivity index (χ4v) is 2.90. The molecular weight excluding hydrogens is 316 g/mol. The van der Waals surface area contributed by atoms with Gasteiger partial charge in [0, 0.05) is 22.1 Å². The van der Waals surface area contributed by atoms with Gasteiger partial charge in [-0.1, -0.05) is 0 Å². The van der Waals surface area contributed by atoms with E-state index in [1.165, 1.54) is 0 Å². The second-order valence-electron chi connectivity index (χ2n) is 3.66. The van der Waals surface area contributed by atoms with Crippen molar-refractivity contribution in [3.63, 3.8) is 0 Å². The van der Waals surface area contributed by atoms with Crippen LogP contribution in [0.2, 0.25) is 0 Å². The lowest BCUT2D eigenvalue weighted by atomic mass is 10.3. The van der Waals surface area contributed by atoms with E-state index in [1.54, 1.807) is 22.2 Å². The number of carbonyl (C=O) groups excluding carboxylic acids is 1. The number of nitrogens with zero attached hydrogens (tertiary/aromatic N) is 2. The van der Waals surface area contributed by atoms with Crippen molar-refractivity contribution in [3.8, 4) is 0 Å². The Hall–Kier alpha value is -1.34. The Morgan fingerprint density at radius 1 is 1.67 bits per heavy atom. The third kappa shape index (κ3) is 2.73. The van der Waals surface area contributed by atoms with E-state index in [9.17, 15) is 4.79 Å². The molecular formula is C11H13BrN4OS. The predicted molar refractivity (Wildman–Crippen MR) is 75.5 cm³/mol. The molecule has 96 valence electrons. The monoisotopic (exact) mass is 328 g/mol. The van der Waals surface area contributed by atoms with Gasteiger partial charge in [-0.2, -0.15) is 5.10 Å². The van der Waals surface area contributed by atoms with E-state index in [2.05, 4.69) is 26.3 Å². The normalized spacial score (nSPS) is 10.6. The molecule has 0 saturated heterocycles. The molecule has 0 saturated carbocycles. The lowest BCUT2D eigenvalue weighted by molar-refractivity contribution is 0.0946. The standard InChI is InChI=1S/C11H13BrN4OS/c1-2-16-6-8(13)10(15-16)11(17)14-5-9-7(12)3-4-18-9/h3-4,6H,2,5,13H2,1H3,(H,14,17). The Labute approximate surface area is 117 Å². The fourth-order valence-electron chi connectivity index (χ4n) is 1.47. The molecule has 1 amide bonds. The number of hydrogen-bond donors (Lipinski definition) is 2. The molecule has 0 aliphatic heterocycles. The summed E-state index contributed by atoms with van der Waals surface area (Å²) in [6.45, 7) is 3.10. The lowest BCUT2D eigenvalue weighted by Gasteiger charge is -2.02. The van der Waals surface area contributed by atoms with E-state index in [1.807, 2.05) is 18.4 Å². The number of nitrogens with two attached hydrogens (primary N) is 1. The highest BCUT2D eigenvalue weighted by Gasteiger charge is 2.14. The molecule has 2 aromatic heterocycles. The predicted octanol–water partition coefficient (Wildman–Crippen LogP) is 2.24. The molecule has 3 N–H and O–H groups in total. The summed E-state index contributed by atoms with van der Waals surface area (Å²) < 4.78 is 2.64. The summed E-state index contributed by atoms with van der Waals surface area (Å²) in [6, 6.07) is 1.95. The van der Waals surface area contributed by atoms with Crippen molar-refractivity contribution in [2.45, 2.75) is 20.0 Å². The van der Waals surface area contributed by atoms with Gasteiger partial charge in [0.15, 0.2) is 5.69 Å². The summed E-state index contributed by atoms with van der Waals surface area (Å²) in [7, 11) is 0. The first-order valence-electron chi connectivity index (χ1n) is 5.44. The number of carbonyl (C=O) groups is 1. The Kier molecular flexibility index (Phi) is 4.03. The first-order chi connectivity index (χ1) is 8.61. The number of halogens is 1. The molecule has 0 unspecified atom stereocenters. The molecule has 0 atom stereocenters. The SMILES string of the molecule is CCn1cc(N)c(C(=O)NCc2sccc2Br)n1. The molecule has 18 heavy (non-hydrogen) atoms. The molecule has 0 aliphatic carbocycles. The van der Waals surface area contributed by atoms with Crippen molar-refractivity contribution in [1.29, 1.82) is 0 Å². The van der Waals surface area contributed by atoms with Gasteiger partial charge in [0.2, 0.25) is 0 Å². The minimum absolute atomic E-state index is 0.250. The second kappa shape index (κ2) is 5.53. The molecule has 5 nitrogen and oxygen atoms in total. The van der Waals surface area contributed by atoms with Crippen LogP contribution in [0.25, 0.3) is 0 Å². The van der Waals surface area contributed by atoms with Crippen LogP contribution < -0.4 is 11.1 Å². The second-order valence-corrected chi connectivity index (χ2v) is 5.52. The van der Waals surface area contributed by atoms with Gasteiger partial charge in [0.1, 0.15) is 0 Å². The largest absolute Gasteiger partial charge is 0.396 e. The maximum atomic E-state index is 11.9. The zero-order valence-corrected chi connectivity index (χ0v) is 12.2. The van der Waals surface area contributed by atoms with Gasteiger partial charge in [0.05, 0.1) is 12.2 Å². The van der Waals surface area contributed by atoms with Gasteiger partial charge in [-0.15, -0.1) is 11.3 Å². The maximum Gasteiger partial charge on any atom is 0.274 e. The molecule has 0 fully saturated rings. The third-order valence-electron chi connectivity index (χ3n) is 2.43. The van der Waals surface area contributed by atoms with Crippen molar-refractivity contribution in [2.75, 3.05) is 5.73 Å². The van der Waals surface area contributed by atoms with Gasteiger partial charge in [-0.05, 0) is 34.3 Å². The molecule has 0 aliphatic rings. The topological polar surface area (TPSA) is 72.9 Å². The summed E-state index contributed by atoms with van der Waals surface area (Å²) >= 11 is 5.00. The van der Waals surface area contributed by atoms with Crippen LogP contribution in [-0.2, 0) is 13.1 Å². The van der Waals surface area contributed by atoms with Crippen LogP contribution in [0.1, 0.15) is 22.3 Å². The van der Waals surface area contributed by atoms with E-state index in [-0.39, 0.29) is 11.6 Å². The summed E-state index contributed by atoms with van der Waals surface area (Å²) in [5.41, 5.74) is 6.43. The van der Waals surface area contributed by atoms with Gasteiger partial charge >= 0.3 is 0 Å². The number of aryl methyl sites for hydroxylation is 1. The van der Waals surface area contributed by atoms with Gasteiger partial charge in [-0.3, -0.25) is 9.48 Å². The average Bonchev–Trinajstić information content (AvgIpc) is 2.92. The number of anilines is 1. The highest BCUT2D eigenvalue weighted by Crippen LogP contribution is 2.22.